The second kappa shape index (κ2) is 9.42. The number of hydrogen-bond acceptors (Lipinski definition) is 1. The highest BCUT2D eigenvalue weighted by atomic mass is 15.1. The van der Waals surface area contributed by atoms with Crippen molar-refractivity contribution in [3.63, 3.8) is 0 Å². The number of anilines is 3. The van der Waals surface area contributed by atoms with Gasteiger partial charge in [0.1, 0.15) is 0 Å². The van der Waals surface area contributed by atoms with Crippen molar-refractivity contribution in [3.05, 3.63) is 158 Å². The number of hydrogen-bond donors (Lipinski definition) is 0. The van der Waals surface area contributed by atoms with Crippen LogP contribution in [0, 0.1) is 0 Å². The molecule has 0 N–H and O–H groups in total. The number of aromatic nitrogens is 1. The van der Waals surface area contributed by atoms with Crippen LogP contribution in [-0.2, 0) is 0 Å². The van der Waals surface area contributed by atoms with E-state index in [0.29, 0.717) is 0 Å². The van der Waals surface area contributed by atoms with E-state index in [-0.39, 0.29) is 0 Å². The van der Waals surface area contributed by atoms with Crippen molar-refractivity contribution in [3.8, 4) is 16.8 Å². The smallest absolute Gasteiger partial charge is 0.0548 e. The van der Waals surface area contributed by atoms with Crippen LogP contribution in [0.5, 0.6) is 0 Å². The van der Waals surface area contributed by atoms with Gasteiger partial charge in [-0.25, -0.2) is 0 Å². The molecule has 0 saturated heterocycles. The lowest BCUT2D eigenvalue weighted by molar-refractivity contribution is 1.18. The maximum atomic E-state index is 2.39. The second-order valence-corrected chi connectivity index (χ2v) is 9.45. The first-order valence-electron chi connectivity index (χ1n) is 13.0. The van der Waals surface area contributed by atoms with Gasteiger partial charge in [-0.05, 0) is 60.2 Å². The molecule has 0 aliphatic carbocycles. The summed E-state index contributed by atoms with van der Waals surface area (Å²) < 4.78 is 2.39. The third-order valence-electron chi connectivity index (χ3n) is 7.16. The van der Waals surface area contributed by atoms with Crippen LogP contribution in [0.15, 0.2) is 158 Å². The lowest BCUT2D eigenvalue weighted by Crippen LogP contribution is -2.11. The van der Waals surface area contributed by atoms with Crippen LogP contribution in [0.3, 0.4) is 0 Å². The van der Waals surface area contributed by atoms with Crippen molar-refractivity contribution in [2.24, 2.45) is 0 Å². The zero-order valence-corrected chi connectivity index (χ0v) is 20.9. The molecule has 0 unspecified atom stereocenters. The molecule has 0 radical (unpaired) electrons. The molecule has 0 spiro atoms. The highest BCUT2D eigenvalue weighted by molar-refractivity contribution is 6.13. The maximum Gasteiger partial charge on any atom is 0.0548 e. The summed E-state index contributed by atoms with van der Waals surface area (Å²) in [5.74, 6) is 0. The molecule has 0 atom stereocenters. The molecule has 2 nitrogen and oxygen atoms in total. The Morgan fingerprint density at radius 3 is 1.58 bits per heavy atom. The first kappa shape index (κ1) is 22.1. The van der Waals surface area contributed by atoms with E-state index in [0.717, 1.165) is 22.7 Å². The Kier molecular flexibility index (Phi) is 5.49. The second-order valence-electron chi connectivity index (χ2n) is 9.45. The van der Waals surface area contributed by atoms with Crippen LogP contribution in [0.2, 0.25) is 0 Å². The van der Waals surface area contributed by atoms with Gasteiger partial charge in [0.15, 0.2) is 0 Å². The van der Waals surface area contributed by atoms with Gasteiger partial charge in [0.2, 0.25) is 0 Å². The summed E-state index contributed by atoms with van der Waals surface area (Å²) in [7, 11) is 0. The average Bonchev–Trinajstić information content (AvgIpc) is 3.32. The average molecular weight is 487 g/mol. The van der Waals surface area contributed by atoms with Crippen LogP contribution in [-0.4, -0.2) is 4.57 Å². The van der Waals surface area contributed by atoms with Crippen LogP contribution < -0.4 is 4.90 Å². The number of para-hydroxylation sites is 4. The summed E-state index contributed by atoms with van der Waals surface area (Å²) in [5, 5.41) is 2.48. The molecule has 7 aromatic rings. The van der Waals surface area contributed by atoms with E-state index < -0.39 is 0 Å². The van der Waals surface area contributed by atoms with Gasteiger partial charge in [-0.15, -0.1) is 0 Å². The molecule has 180 valence electrons. The fourth-order valence-corrected chi connectivity index (χ4v) is 5.47. The molecule has 0 bridgehead atoms. The zero-order valence-electron chi connectivity index (χ0n) is 20.9. The molecule has 7 rings (SSSR count). The van der Waals surface area contributed by atoms with Gasteiger partial charge in [-0.2, -0.15) is 0 Å². The zero-order chi connectivity index (χ0) is 25.3. The molecule has 0 saturated carbocycles. The van der Waals surface area contributed by atoms with E-state index in [2.05, 4.69) is 167 Å². The van der Waals surface area contributed by atoms with Gasteiger partial charge >= 0.3 is 0 Å². The summed E-state index contributed by atoms with van der Waals surface area (Å²) >= 11 is 0. The van der Waals surface area contributed by atoms with Gasteiger partial charge in [-0.3, -0.25) is 0 Å². The van der Waals surface area contributed by atoms with E-state index in [4.69, 9.17) is 0 Å². The SMILES string of the molecule is c1ccc(-c2cc3c(cc2N(c2ccccc2)c2ccccc2)c2ccccc2n3-c2ccccc2)cc1. The number of rotatable bonds is 5. The molecule has 38 heavy (non-hydrogen) atoms. The minimum atomic E-state index is 1.13. The Morgan fingerprint density at radius 2 is 0.947 bits per heavy atom. The molecule has 0 fully saturated rings. The minimum Gasteiger partial charge on any atom is -0.310 e. The van der Waals surface area contributed by atoms with Gasteiger partial charge < -0.3 is 9.47 Å². The summed E-state index contributed by atoms with van der Waals surface area (Å²) in [6.45, 7) is 0. The van der Waals surface area contributed by atoms with Crippen molar-refractivity contribution < 1.29 is 0 Å². The topological polar surface area (TPSA) is 8.17 Å². The van der Waals surface area contributed by atoms with Crippen molar-refractivity contribution in [2.75, 3.05) is 4.90 Å². The number of benzene rings is 6. The van der Waals surface area contributed by atoms with E-state index in [1.165, 1.54) is 32.9 Å². The Bertz CT molecular complexity index is 1800. The van der Waals surface area contributed by atoms with Gasteiger partial charge in [0.05, 0.1) is 16.7 Å². The van der Waals surface area contributed by atoms with Crippen molar-refractivity contribution >= 4 is 38.9 Å². The predicted molar refractivity (Wildman–Crippen MR) is 161 cm³/mol. The largest absolute Gasteiger partial charge is 0.310 e. The summed E-state index contributed by atoms with van der Waals surface area (Å²) in [6, 6.07) is 56.1. The highest BCUT2D eigenvalue weighted by Gasteiger charge is 2.21. The quantitative estimate of drug-likeness (QED) is 0.235. The third kappa shape index (κ3) is 3.75. The third-order valence-corrected chi connectivity index (χ3v) is 7.16. The first-order valence-corrected chi connectivity index (χ1v) is 13.0. The fourth-order valence-electron chi connectivity index (χ4n) is 5.47. The minimum absolute atomic E-state index is 1.13. The summed E-state index contributed by atoms with van der Waals surface area (Å²) in [6.07, 6.45) is 0. The van der Waals surface area contributed by atoms with E-state index in [9.17, 15) is 0 Å². The Balaban J connectivity index is 1.61. The van der Waals surface area contributed by atoms with Crippen molar-refractivity contribution in [1.82, 2.24) is 4.57 Å². The van der Waals surface area contributed by atoms with Gasteiger partial charge in [0, 0.05) is 33.4 Å². The molecule has 2 heteroatoms. The highest BCUT2D eigenvalue weighted by Crippen LogP contribution is 2.45. The maximum absolute atomic E-state index is 2.39. The summed E-state index contributed by atoms with van der Waals surface area (Å²) in [4.78, 5) is 2.37. The monoisotopic (exact) mass is 486 g/mol. The molecule has 0 aliphatic heterocycles. The van der Waals surface area contributed by atoms with Crippen LogP contribution in [0.4, 0.5) is 17.1 Å². The number of nitrogens with zero attached hydrogens (tertiary/aromatic N) is 2. The number of fused-ring (bicyclic) bond motifs is 3. The molecule has 1 aromatic heterocycles. The van der Waals surface area contributed by atoms with E-state index >= 15 is 0 Å². The lowest BCUT2D eigenvalue weighted by Gasteiger charge is -2.28. The van der Waals surface area contributed by atoms with E-state index in [1.54, 1.807) is 0 Å². The van der Waals surface area contributed by atoms with Gasteiger partial charge in [0.25, 0.3) is 0 Å². The Morgan fingerprint density at radius 1 is 0.421 bits per heavy atom. The van der Waals surface area contributed by atoms with Crippen molar-refractivity contribution in [1.29, 1.82) is 0 Å². The van der Waals surface area contributed by atoms with Gasteiger partial charge in [-0.1, -0.05) is 103 Å². The normalized spacial score (nSPS) is 11.2. The standard InChI is InChI=1S/C36H26N2/c1-5-15-27(16-6-1)32-25-36-33(31-23-13-14-24-34(31)38(36)30-21-11-4-12-22-30)26-35(32)37(28-17-7-2-8-18-28)29-19-9-3-10-20-29/h1-26H. The molecular weight excluding hydrogens is 460 g/mol. The molecular formula is C36H26N2. The predicted octanol–water partition coefficient (Wildman–Crippen LogP) is 9.92. The van der Waals surface area contributed by atoms with Crippen LogP contribution in [0.1, 0.15) is 0 Å². The van der Waals surface area contributed by atoms with Crippen LogP contribution >= 0.6 is 0 Å². The molecule has 0 aliphatic rings. The fraction of sp³-hybridized carbons (Fsp3) is 0. The molecule has 1 heterocycles. The first-order chi connectivity index (χ1) is 18.9. The van der Waals surface area contributed by atoms with E-state index in [1.807, 2.05) is 0 Å². The lowest BCUT2D eigenvalue weighted by atomic mass is 9.99. The molecule has 6 aromatic carbocycles. The Labute approximate surface area is 222 Å². The molecule has 0 amide bonds. The van der Waals surface area contributed by atoms with Crippen LogP contribution in [0.25, 0.3) is 38.6 Å². The Hall–Kier alpha value is -5.08. The summed E-state index contributed by atoms with van der Waals surface area (Å²) in [5.41, 5.74) is 9.34. The van der Waals surface area contributed by atoms with Crippen molar-refractivity contribution in [2.45, 2.75) is 0 Å².